The van der Waals surface area contributed by atoms with Crippen molar-refractivity contribution in [3.8, 4) is 0 Å². The third kappa shape index (κ3) is 18.3. The van der Waals surface area contributed by atoms with Gasteiger partial charge in [-0.15, -0.1) is 0 Å². The Bertz CT molecular complexity index is 1330. The molecule has 0 aromatic carbocycles. The van der Waals surface area contributed by atoms with Crippen LogP contribution in [0, 0.1) is 52.3 Å². The number of unbranched alkanes of at least 4 members (excludes halogenated alkanes) is 9. The van der Waals surface area contributed by atoms with Gasteiger partial charge >= 0.3 is 0 Å². The number of likely N-dealkylation sites (tertiary alicyclic amines) is 1. The third-order valence-corrected chi connectivity index (χ3v) is 17.6. The van der Waals surface area contributed by atoms with Crippen LogP contribution in [-0.2, 0) is 23.7 Å². The summed E-state index contributed by atoms with van der Waals surface area (Å²) >= 11 is 0. The van der Waals surface area contributed by atoms with E-state index in [1.165, 1.54) is 148 Å². The Kier molecular flexibility index (Phi) is 25.8. The molecule has 1 saturated heterocycles. The van der Waals surface area contributed by atoms with Gasteiger partial charge < -0.3 is 28.6 Å². The molecule has 0 spiro atoms. The maximum absolute atomic E-state index is 6.58. The van der Waals surface area contributed by atoms with E-state index in [1.54, 1.807) is 0 Å². The van der Waals surface area contributed by atoms with Gasteiger partial charge in [0.05, 0.1) is 45.2 Å². The first kappa shape index (κ1) is 54.9. The molecule has 0 aromatic heterocycles. The molecule has 4 fully saturated rings. The van der Waals surface area contributed by atoms with Crippen LogP contribution in [0.5, 0.6) is 0 Å². The molecule has 4 aliphatic carbocycles. The standard InChI is InChI=1S/C59H105NO5/c1-8-9-10-11-12-13-14-15-16-17-18-19-20-21-22-26-40-62-47-53(46-60-38-24-23-25-39-60)64-44-42-61-41-43-63-50(5)65-52-34-36-58(6)51(45-52)30-31-54-56-33-32-55(49(4)29-27-28-48(2)3)59(56,7)37-35-57(54)58/h12-13,15-16,30-31,48-57H,8-11,14,17-29,32-47H2,1-7H3/b13-12-,16-15-/t49-,50?,51?,52+,53?,54?,55-,56?,57?,58+,59-/m1/s1. The average molecular weight is 908 g/mol. The molecule has 0 radical (unpaired) electrons. The van der Waals surface area contributed by atoms with E-state index in [-0.39, 0.29) is 18.5 Å². The monoisotopic (exact) mass is 908 g/mol. The zero-order valence-electron chi connectivity index (χ0n) is 43.8. The number of piperidine rings is 1. The highest BCUT2D eigenvalue weighted by Gasteiger charge is 2.59. The summed E-state index contributed by atoms with van der Waals surface area (Å²) in [7, 11) is 0. The number of fused-ring (bicyclic) bond motifs is 5. The first-order valence-electron chi connectivity index (χ1n) is 28.4. The van der Waals surface area contributed by atoms with Crippen molar-refractivity contribution < 1.29 is 23.7 Å². The number of hydrogen-bond acceptors (Lipinski definition) is 6. The number of ether oxygens (including phenoxy) is 5. The Hall–Kier alpha value is -1.02. The quantitative estimate of drug-likeness (QED) is 0.0364. The van der Waals surface area contributed by atoms with Crippen LogP contribution in [-0.4, -0.2) is 82.7 Å². The molecule has 6 nitrogen and oxygen atoms in total. The van der Waals surface area contributed by atoms with E-state index >= 15 is 0 Å². The summed E-state index contributed by atoms with van der Waals surface area (Å²) in [5.41, 5.74) is 0.936. The van der Waals surface area contributed by atoms with Gasteiger partial charge in [-0.1, -0.05) is 142 Å². The Balaban J connectivity index is 0.902. The van der Waals surface area contributed by atoms with E-state index in [4.69, 9.17) is 23.7 Å². The lowest BCUT2D eigenvalue weighted by atomic mass is 9.46. The van der Waals surface area contributed by atoms with Gasteiger partial charge in [0.2, 0.25) is 0 Å². The van der Waals surface area contributed by atoms with Crippen LogP contribution in [0.25, 0.3) is 0 Å². The topological polar surface area (TPSA) is 49.4 Å². The van der Waals surface area contributed by atoms with Crippen LogP contribution >= 0.6 is 0 Å². The van der Waals surface area contributed by atoms with Crippen molar-refractivity contribution in [3.63, 3.8) is 0 Å². The lowest BCUT2D eigenvalue weighted by Crippen LogP contribution is -2.52. The first-order valence-corrected chi connectivity index (χ1v) is 28.4. The minimum Gasteiger partial charge on any atom is -0.379 e. The summed E-state index contributed by atoms with van der Waals surface area (Å²) < 4.78 is 31.3. The van der Waals surface area contributed by atoms with Crippen molar-refractivity contribution in [1.82, 2.24) is 4.90 Å². The summed E-state index contributed by atoms with van der Waals surface area (Å²) in [6, 6.07) is 0. The fraction of sp³-hybridized carbons (Fsp3) is 0.898. The Morgan fingerprint density at radius 3 is 2.09 bits per heavy atom. The van der Waals surface area contributed by atoms with Gasteiger partial charge in [-0.05, 0) is 169 Å². The molecule has 0 bridgehead atoms. The molecule has 5 aliphatic rings. The second-order valence-corrected chi connectivity index (χ2v) is 22.9. The van der Waals surface area contributed by atoms with Crippen LogP contribution in [0.3, 0.4) is 0 Å². The highest BCUT2D eigenvalue weighted by molar-refractivity contribution is 5.18. The maximum Gasteiger partial charge on any atom is 0.155 e. The molecule has 6 heteroatoms. The predicted octanol–water partition coefficient (Wildman–Crippen LogP) is 15.3. The SMILES string of the molecule is CCCCC/C=C\C/C=C\CCCCCCCCOCC(CN1CCCCC1)OCCOCCOC(C)O[C@H]1CC[C@@]2(C)C(C=CC3C2CC[C@@]2(C)C3CC[C@@H]2[C@H](C)CCCC(C)C)C1. The summed E-state index contributed by atoms with van der Waals surface area (Å²) in [4.78, 5) is 2.56. The number of hydrogen-bond donors (Lipinski definition) is 0. The van der Waals surface area contributed by atoms with E-state index in [1.807, 2.05) is 0 Å². The Labute approximate surface area is 402 Å². The van der Waals surface area contributed by atoms with Crippen molar-refractivity contribution in [2.45, 2.75) is 227 Å². The number of nitrogens with zero attached hydrogens (tertiary/aromatic N) is 1. The number of allylic oxidation sites excluding steroid dienone is 6. The summed E-state index contributed by atoms with van der Waals surface area (Å²) in [5, 5.41) is 0. The van der Waals surface area contributed by atoms with Crippen LogP contribution < -0.4 is 0 Å². The van der Waals surface area contributed by atoms with Crippen LogP contribution in [0.2, 0.25) is 0 Å². The predicted molar refractivity (Wildman–Crippen MR) is 274 cm³/mol. The Morgan fingerprint density at radius 2 is 1.34 bits per heavy atom. The lowest BCUT2D eigenvalue weighted by Gasteiger charge is -2.59. The van der Waals surface area contributed by atoms with Crippen molar-refractivity contribution in [3.05, 3.63) is 36.5 Å². The summed E-state index contributed by atoms with van der Waals surface area (Å²) in [5.74, 6) is 5.72. The van der Waals surface area contributed by atoms with Crippen LogP contribution in [0.1, 0.15) is 209 Å². The van der Waals surface area contributed by atoms with Gasteiger partial charge in [0, 0.05) is 13.2 Å². The molecule has 376 valence electrons. The van der Waals surface area contributed by atoms with E-state index in [0.717, 1.165) is 74.3 Å². The summed E-state index contributed by atoms with van der Waals surface area (Å²) in [6.07, 6.45) is 47.6. The van der Waals surface area contributed by atoms with E-state index < -0.39 is 0 Å². The molecule has 1 aliphatic heterocycles. The van der Waals surface area contributed by atoms with E-state index in [2.05, 4.69) is 89.8 Å². The molecule has 0 aromatic rings. The van der Waals surface area contributed by atoms with Gasteiger partial charge in [-0.25, -0.2) is 0 Å². The molecule has 65 heavy (non-hydrogen) atoms. The largest absolute Gasteiger partial charge is 0.379 e. The molecule has 0 N–H and O–H groups in total. The molecule has 0 amide bonds. The normalized spacial score (nSPS) is 30.8. The van der Waals surface area contributed by atoms with Crippen molar-refractivity contribution in [2.75, 3.05) is 59.3 Å². The Morgan fingerprint density at radius 1 is 0.646 bits per heavy atom. The van der Waals surface area contributed by atoms with Gasteiger partial charge in [-0.2, -0.15) is 0 Å². The summed E-state index contributed by atoms with van der Waals surface area (Å²) in [6.45, 7) is 24.2. The van der Waals surface area contributed by atoms with Crippen LogP contribution in [0.4, 0.5) is 0 Å². The second-order valence-electron chi connectivity index (χ2n) is 22.9. The minimum absolute atomic E-state index is 0.0969. The van der Waals surface area contributed by atoms with Crippen molar-refractivity contribution in [2.24, 2.45) is 52.3 Å². The van der Waals surface area contributed by atoms with Gasteiger partial charge in [0.15, 0.2) is 6.29 Å². The highest BCUT2D eigenvalue weighted by Crippen LogP contribution is 2.67. The second kappa shape index (κ2) is 30.6. The maximum atomic E-state index is 6.58. The molecule has 6 unspecified atom stereocenters. The van der Waals surface area contributed by atoms with E-state index in [9.17, 15) is 0 Å². The fourth-order valence-electron chi connectivity index (χ4n) is 13.7. The molecule has 1 heterocycles. The third-order valence-electron chi connectivity index (χ3n) is 17.6. The van der Waals surface area contributed by atoms with Gasteiger partial charge in [-0.3, -0.25) is 0 Å². The van der Waals surface area contributed by atoms with Gasteiger partial charge in [0.25, 0.3) is 0 Å². The van der Waals surface area contributed by atoms with Crippen LogP contribution in [0.15, 0.2) is 36.5 Å². The zero-order chi connectivity index (χ0) is 46.2. The fourth-order valence-corrected chi connectivity index (χ4v) is 13.7. The molecule has 11 atom stereocenters. The molecule has 5 rings (SSSR count). The number of rotatable bonds is 34. The highest BCUT2D eigenvalue weighted by atomic mass is 16.7. The molecule has 3 saturated carbocycles. The smallest absolute Gasteiger partial charge is 0.155 e. The van der Waals surface area contributed by atoms with E-state index in [0.29, 0.717) is 49.8 Å². The lowest BCUT2D eigenvalue weighted by molar-refractivity contribution is -0.187. The molecular weight excluding hydrogens is 803 g/mol. The average Bonchev–Trinajstić information content (AvgIpc) is 3.66. The first-order chi connectivity index (χ1) is 31.6. The van der Waals surface area contributed by atoms with Crippen molar-refractivity contribution in [1.29, 1.82) is 0 Å². The molecular formula is C59H105NO5. The zero-order valence-corrected chi connectivity index (χ0v) is 43.8. The van der Waals surface area contributed by atoms with Gasteiger partial charge in [0.1, 0.15) is 0 Å². The minimum atomic E-state index is -0.214. The van der Waals surface area contributed by atoms with Crippen molar-refractivity contribution >= 4 is 0 Å².